The first-order valence-electron chi connectivity index (χ1n) is 11.6. The summed E-state index contributed by atoms with van der Waals surface area (Å²) in [5, 5.41) is 21.3. The molecule has 0 radical (unpaired) electrons. The molecule has 222 valence electrons. The minimum absolute atomic E-state index is 0.0748. The number of halogens is 6. The fraction of sp³-hybridized carbons (Fsp3) is 0.522. The highest BCUT2D eigenvalue weighted by Gasteiger charge is 2.42. The van der Waals surface area contributed by atoms with Gasteiger partial charge in [-0.3, -0.25) is 14.7 Å². The summed E-state index contributed by atoms with van der Waals surface area (Å²) in [6.45, 7) is 6.36. The summed E-state index contributed by atoms with van der Waals surface area (Å²) in [6, 6.07) is 5.65. The number of carboxylic acid groups (broad SMARTS) is 2. The van der Waals surface area contributed by atoms with Crippen LogP contribution in [-0.4, -0.2) is 80.7 Å². The van der Waals surface area contributed by atoms with E-state index in [1.54, 1.807) is 6.20 Å². The minimum Gasteiger partial charge on any atom is -0.475 e. The van der Waals surface area contributed by atoms with E-state index in [2.05, 4.69) is 20.4 Å². The topological polar surface area (TPSA) is 155 Å². The number of pyridine rings is 1. The first kappa shape index (κ1) is 32.5. The number of anilines is 1. The smallest absolute Gasteiger partial charge is 0.475 e. The lowest BCUT2D eigenvalue weighted by molar-refractivity contribution is -0.193. The van der Waals surface area contributed by atoms with Crippen LogP contribution in [0.1, 0.15) is 30.0 Å². The van der Waals surface area contributed by atoms with Crippen LogP contribution in [0.25, 0.3) is 0 Å². The average molecular weight is 584 g/mol. The number of ether oxygens (including phenoxy) is 1. The van der Waals surface area contributed by atoms with Crippen LogP contribution in [-0.2, 0) is 25.7 Å². The molecule has 2 fully saturated rings. The summed E-state index contributed by atoms with van der Waals surface area (Å²) >= 11 is 0. The van der Waals surface area contributed by atoms with E-state index < -0.39 is 24.3 Å². The molecule has 0 spiro atoms. The number of hydrogen-bond donors (Lipinski definition) is 3. The fourth-order valence-electron chi connectivity index (χ4n) is 3.86. The molecule has 3 N–H and O–H groups in total. The van der Waals surface area contributed by atoms with Gasteiger partial charge in [0.05, 0.1) is 23.2 Å². The number of hydrogen-bond acceptors (Lipinski definition) is 8. The number of nitrogens with zero attached hydrogens (tertiary/aromatic N) is 3. The predicted octanol–water partition coefficient (Wildman–Crippen LogP) is 3.57. The van der Waals surface area contributed by atoms with Crippen molar-refractivity contribution in [3.8, 4) is 0 Å². The number of nitrogens with one attached hydrogen (secondary N) is 1. The Morgan fingerprint density at radius 1 is 1.10 bits per heavy atom. The number of aryl methyl sites for hydroxylation is 2. The molecule has 0 aromatic carbocycles. The van der Waals surface area contributed by atoms with E-state index in [-0.39, 0.29) is 18.1 Å². The van der Waals surface area contributed by atoms with Crippen LogP contribution >= 0.6 is 0 Å². The number of carbonyl (C=O) groups is 3. The number of aliphatic carboxylic acids is 2. The maximum atomic E-state index is 12.6. The van der Waals surface area contributed by atoms with E-state index in [1.165, 1.54) is 0 Å². The number of amides is 1. The quantitative estimate of drug-likeness (QED) is 0.454. The van der Waals surface area contributed by atoms with Crippen LogP contribution in [0.4, 0.5) is 32.0 Å². The zero-order valence-corrected chi connectivity index (χ0v) is 21.1. The zero-order chi connectivity index (χ0) is 30.3. The maximum absolute atomic E-state index is 12.6. The van der Waals surface area contributed by atoms with Gasteiger partial charge in [-0.25, -0.2) is 9.59 Å². The molecule has 2 aliphatic heterocycles. The zero-order valence-electron chi connectivity index (χ0n) is 21.1. The van der Waals surface area contributed by atoms with Gasteiger partial charge in [0.25, 0.3) is 5.91 Å². The number of carbonyl (C=O) groups excluding carboxylic acids is 1. The molecule has 2 saturated heterocycles. The number of rotatable bonds is 4. The SMILES string of the molecule is Cc1cc(CN2CC[C@H]3C[C@H](C(=O)Nc4cccnc4C)O[C@@H]3C2)no1.O=C(O)C(F)(F)F.O=C(O)C(F)(F)F. The van der Waals surface area contributed by atoms with Crippen molar-refractivity contribution in [3.63, 3.8) is 0 Å². The lowest BCUT2D eigenvalue weighted by atomic mass is 9.91. The molecule has 0 aliphatic carbocycles. The Kier molecular flexibility index (Phi) is 11.0. The molecule has 4 rings (SSSR count). The molecule has 17 heteroatoms. The Hall–Kier alpha value is -3.73. The van der Waals surface area contributed by atoms with Crippen molar-refractivity contribution in [1.29, 1.82) is 0 Å². The first-order valence-corrected chi connectivity index (χ1v) is 11.6. The highest BCUT2D eigenvalue weighted by Crippen LogP contribution is 2.34. The van der Waals surface area contributed by atoms with Crippen molar-refractivity contribution in [2.45, 2.75) is 57.8 Å². The molecule has 1 amide bonds. The monoisotopic (exact) mass is 584 g/mol. The normalized spacial score (nSPS) is 20.8. The van der Waals surface area contributed by atoms with Gasteiger partial charge < -0.3 is 24.8 Å². The fourth-order valence-corrected chi connectivity index (χ4v) is 3.86. The largest absolute Gasteiger partial charge is 0.490 e. The molecule has 0 bridgehead atoms. The van der Waals surface area contributed by atoms with Gasteiger partial charge in [0, 0.05) is 25.4 Å². The van der Waals surface area contributed by atoms with Crippen LogP contribution in [0.2, 0.25) is 0 Å². The summed E-state index contributed by atoms with van der Waals surface area (Å²) in [5.74, 6) is -4.32. The van der Waals surface area contributed by atoms with E-state index in [4.69, 9.17) is 29.1 Å². The summed E-state index contributed by atoms with van der Waals surface area (Å²) in [6.07, 6.45) is -6.91. The third-order valence-corrected chi connectivity index (χ3v) is 5.74. The van der Waals surface area contributed by atoms with Crippen LogP contribution in [0.3, 0.4) is 0 Å². The lowest BCUT2D eigenvalue weighted by Crippen LogP contribution is -2.42. The molecule has 2 aromatic heterocycles. The second kappa shape index (κ2) is 13.6. The van der Waals surface area contributed by atoms with Crippen molar-refractivity contribution >= 4 is 23.5 Å². The summed E-state index contributed by atoms with van der Waals surface area (Å²) in [5.41, 5.74) is 2.50. The third-order valence-electron chi connectivity index (χ3n) is 5.74. The van der Waals surface area contributed by atoms with E-state index >= 15 is 0 Å². The second-order valence-electron chi connectivity index (χ2n) is 8.84. The molecule has 2 aromatic rings. The molecule has 2 aliphatic rings. The van der Waals surface area contributed by atoms with Gasteiger partial charge in [0.1, 0.15) is 11.9 Å². The first-order chi connectivity index (χ1) is 18.5. The van der Waals surface area contributed by atoms with Gasteiger partial charge in [0.2, 0.25) is 0 Å². The van der Waals surface area contributed by atoms with Crippen molar-refractivity contribution < 1.29 is 60.2 Å². The Labute approximate surface area is 223 Å². The van der Waals surface area contributed by atoms with Crippen molar-refractivity contribution in [2.24, 2.45) is 5.92 Å². The average Bonchev–Trinajstić information content (AvgIpc) is 3.45. The van der Waals surface area contributed by atoms with Crippen molar-refractivity contribution in [1.82, 2.24) is 15.0 Å². The minimum atomic E-state index is -5.08. The highest BCUT2D eigenvalue weighted by molar-refractivity contribution is 5.94. The standard InChI is InChI=1S/C19H24N4O3.2C2HF3O2/c1-12-8-15(22-26-12)10-23-7-5-14-9-17(25-18(14)11-23)19(24)21-16-4-3-6-20-13(16)2;2*3-2(4,5)1(6)7/h3-4,6,8,14,17-18H,5,7,9-11H2,1-2H3,(H,21,24);2*(H,6,7)/t14-,17+,18+;;/m0../s1. The van der Waals surface area contributed by atoms with Gasteiger partial charge in [-0.2, -0.15) is 26.3 Å². The molecular weight excluding hydrogens is 558 g/mol. The number of alkyl halides is 6. The van der Waals surface area contributed by atoms with E-state index in [0.717, 1.165) is 55.3 Å². The van der Waals surface area contributed by atoms with Gasteiger partial charge in [-0.15, -0.1) is 0 Å². The number of piperidine rings is 1. The Bertz CT molecular complexity index is 1150. The van der Waals surface area contributed by atoms with Gasteiger partial charge in [0.15, 0.2) is 0 Å². The van der Waals surface area contributed by atoms with Gasteiger partial charge in [-0.05, 0) is 51.3 Å². The van der Waals surface area contributed by atoms with Crippen molar-refractivity contribution in [2.75, 3.05) is 18.4 Å². The molecule has 11 nitrogen and oxygen atoms in total. The van der Waals surface area contributed by atoms with Crippen LogP contribution in [0.15, 0.2) is 28.9 Å². The molecule has 0 unspecified atom stereocenters. The second-order valence-corrected chi connectivity index (χ2v) is 8.84. The third kappa shape index (κ3) is 10.1. The number of likely N-dealkylation sites (tertiary alicyclic amines) is 1. The van der Waals surface area contributed by atoms with E-state index in [9.17, 15) is 31.1 Å². The van der Waals surface area contributed by atoms with E-state index in [0.29, 0.717) is 5.92 Å². The Morgan fingerprint density at radius 3 is 2.20 bits per heavy atom. The van der Waals surface area contributed by atoms with Gasteiger partial charge >= 0.3 is 24.3 Å². The van der Waals surface area contributed by atoms with Crippen LogP contribution in [0, 0.1) is 19.8 Å². The lowest BCUT2D eigenvalue weighted by Gasteiger charge is -2.33. The van der Waals surface area contributed by atoms with Crippen LogP contribution < -0.4 is 5.32 Å². The maximum Gasteiger partial charge on any atom is 0.490 e. The molecular formula is C23H26F6N4O7. The molecule has 3 atom stereocenters. The highest BCUT2D eigenvalue weighted by atomic mass is 19.4. The predicted molar refractivity (Wildman–Crippen MR) is 123 cm³/mol. The Morgan fingerprint density at radius 2 is 1.70 bits per heavy atom. The van der Waals surface area contributed by atoms with E-state index in [1.807, 2.05) is 32.0 Å². The summed E-state index contributed by atoms with van der Waals surface area (Å²) in [4.78, 5) is 36.9. The summed E-state index contributed by atoms with van der Waals surface area (Å²) < 4.78 is 74.7. The number of carboxylic acids is 2. The van der Waals surface area contributed by atoms with Crippen LogP contribution in [0.5, 0.6) is 0 Å². The van der Waals surface area contributed by atoms with Crippen molar-refractivity contribution in [3.05, 3.63) is 41.5 Å². The van der Waals surface area contributed by atoms with Gasteiger partial charge in [-0.1, -0.05) is 5.16 Å². The number of fused-ring (bicyclic) bond motifs is 1. The number of aromatic nitrogens is 2. The molecule has 4 heterocycles. The molecule has 40 heavy (non-hydrogen) atoms. The molecule has 0 saturated carbocycles. The Balaban J connectivity index is 0.000000333. The summed E-state index contributed by atoms with van der Waals surface area (Å²) in [7, 11) is 0.